The van der Waals surface area contributed by atoms with Gasteiger partial charge in [-0.15, -0.1) is 0 Å². The number of H-pyrrole nitrogens is 1. The first-order valence-electron chi connectivity index (χ1n) is 26.4. The number of nitrogen functional groups attached to an aromatic ring is 1. The fourth-order valence-electron chi connectivity index (χ4n) is 10.1. The molecule has 0 saturated carbocycles. The van der Waals surface area contributed by atoms with E-state index in [1.54, 1.807) is 71.2 Å². The molecule has 4 aromatic carbocycles. The summed E-state index contributed by atoms with van der Waals surface area (Å²) >= 11 is 3.42. The Morgan fingerprint density at radius 3 is 1.46 bits per heavy atom. The van der Waals surface area contributed by atoms with Gasteiger partial charge < -0.3 is 39.9 Å². The van der Waals surface area contributed by atoms with E-state index in [0.717, 1.165) is 38.5 Å². The first-order chi connectivity index (χ1) is 39.0. The molecule has 83 heavy (non-hydrogen) atoms. The van der Waals surface area contributed by atoms with E-state index >= 15 is 0 Å². The van der Waals surface area contributed by atoms with Gasteiger partial charge in [0, 0.05) is 106 Å². The van der Waals surface area contributed by atoms with Gasteiger partial charge in [0.2, 0.25) is 0 Å². The minimum atomic E-state index is -3.13. The van der Waals surface area contributed by atoms with Gasteiger partial charge in [0.05, 0.1) is 42.0 Å². The number of rotatable bonds is 15. The molecule has 18 nitrogen and oxygen atoms in total. The molecular weight excluding hydrogens is 1110 g/mol. The number of likely N-dealkylation sites (N-methyl/N-ethyl adjacent to an activating group) is 2. The van der Waals surface area contributed by atoms with Crippen LogP contribution in [0.3, 0.4) is 0 Å². The number of hydrogen-bond acceptors (Lipinski definition) is 14. The van der Waals surface area contributed by atoms with Crippen LogP contribution in [-0.4, -0.2) is 133 Å². The van der Waals surface area contributed by atoms with Crippen molar-refractivity contribution < 1.29 is 47.4 Å². The smallest absolute Gasteiger partial charge is 0.294 e. The van der Waals surface area contributed by atoms with Crippen LogP contribution in [0.25, 0.3) is 21.8 Å². The third-order valence-corrected chi connectivity index (χ3v) is 18.4. The zero-order valence-corrected chi connectivity index (χ0v) is 48.7. The van der Waals surface area contributed by atoms with Crippen LogP contribution in [0, 0.1) is 11.8 Å². The first kappa shape index (κ1) is 64.3. The number of carbonyl (C=O) groups is 6. The number of fused-ring (bicyclic) bond motifs is 2. The van der Waals surface area contributed by atoms with Gasteiger partial charge in [0.1, 0.15) is 11.5 Å². The quantitative estimate of drug-likeness (QED) is 0.0286. The molecule has 0 atom stereocenters. The van der Waals surface area contributed by atoms with Crippen LogP contribution in [-0.2, 0) is 31.6 Å². The molecule has 0 unspecified atom stereocenters. The SMILES string of the molecule is C.C.COc1cc2[nH]cc(C(=O)C(=O)N(C)C)c2cc1C(=O)N1CCC(Cc2ccsc2)CC1.COc1cc2c(cc1C(=O)N1CCC(Cc3ccsc3)CC1)c(C(=O)C(=O)N(C)C)cn2N.NOP(=O)(c1ccccc1)c1ccccc1. The minimum absolute atomic E-state index is 0. The van der Waals surface area contributed by atoms with Gasteiger partial charge >= 0.3 is 0 Å². The molecular formula is C62H75N8O10PS2. The lowest BCUT2D eigenvalue weighted by molar-refractivity contribution is -0.124. The molecule has 2 aliphatic rings. The average molecular weight is 1190 g/mol. The molecule has 21 heteroatoms. The van der Waals surface area contributed by atoms with Crippen molar-refractivity contribution >= 4 is 97.7 Å². The highest BCUT2D eigenvalue weighted by Gasteiger charge is 2.32. The van der Waals surface area contributed by atoms with E-state index in [9.17, 15) is 33.3 Å². The Morgan fingerprint density at radius 1 is 0.614 bits per heavy atom. The number of nitrogens with one attached hydrogen (secondary N) is 1. The monoisotopic (exact) mass is 1190 g/mol. The molecule has 0 bridgehead atoms. The second-order valence-corrected chi connectivity index (χ2v) is 24.3. The summed E-state index contributed by atoms with van der Waals surface area (Å²) < 4.78 is 29.7. The van der Waals surface area contributed by atoms with E-state index in [-0.39, 0.29) is 37.8 Å². The minimum Gasteiger partial charge on any atom is -0.496 e. The number of hydrogen-bond donors (Lipinski definition) is 3. The summed E-state index contributed by atoms with van der Waals surface area (Å²) in [7, 11) is 6.00. The van der Waals surface area contributed by atoms with E-state index < -0.39 is 30.7 Å². The first-order valence-corrected chi connectivity index (χ1v) is 29.9. The van der Waals surface area contributed by atoms with Crippen molar-refractivity contribution in [3.63, 3.8) is 0 Å². The summed E-state index contributed by atoms with van der Waals surface area (Å²) in [5.41, 5.74) is 5.05. The zero-order chi connectivity index (χ0) is 58.0. The van der Waals surface area contributed by atoms with Crippen molar-refractivity contribution in [2.45, 2.75) is 53.4 Å². The summed E-state index contributed by atoms with van der Waals surface area (Å²) in [5.74, 6) is 10.4. The number of benzene rings is 4. The van der Waals surface area contributed by atoms with Crippen molar-refractivity contribution in [3.05, 3.63) is 164 Å². The van der Waals surface area contributed by atoms with Crippen molar-refractivity contribution in [2.75, 3.05) is 74.4 Å². The molecule has 2 aliphatic heterocycles. The molecule has 2 saturated heterocycles. The van der Waals surface area contributed by atoms with Crippen molar-refractivity contribution in [1.29, 1.82) is 0 Å². The molecule has 10 rings (SSSR count). The van der Waals surface area contributed by atoms with Gasteiger partial charge in [-0.1, -0.05) is 51.3 Å². The van der Waals surface area contributed by atoms with Gasteiger partial charge in [0.25, 0.3) is 42.6 Å². The molecule has 440 valence electrons. The number of nitrogens with two attached hydrogens (primary N) is 2. The normalized spacial score (nSPS) is 13.5. The fraction of sp³-hybridized carbons (Fsp3) is 0.323. The van der Waals surface area contributed by atoms with Crippen molar-refractivity contribution in [1.82, 2.24) is 29.3 Å². The summed E-state index contributed by atoms with van der Waals surface area (Å²) in [4.78, 5) is 85.8. The third-order valence-electron chi connectivity index (χ3n) is 14.7. The summed E-state index contributed by atoms with van der Waals surface area (Å²) in [5, 5.41) is 10.8. The lowest BCUT2D eigenvalue weighted by Gasteiger charge is -2.32. The number of carbonyl (C=O) groups excluding carboxylic acids is 6. The fourth-order valence-corrected chi connectivity index (χ4v) is 13.2. The number of thiophene rings is 2. The Morgan fingerprint density at radius 2 is 1.05 bits per heavy atom. The summed E-state index contributed by atoms with van der Waals surface area (Å²) in [6, 6.07) is 28.9. The molecule has 2 fully saturated rings. The molecule has 8 aromatic rings. The van der Waals surface area contributed by atoms with Crippen LogP contribution < -0.4 is 31.8 Å². The van der Waals surface area contributed by atoms with Gasteiger partial charge in [-0.05, 0) is 132 Å². The average Bonchev–Trinajstić information content (AvgIpc) is 4.43. The van der Waals surface area contributed by atoms with E-state index in [1.807, 2.05) is 46.2 Å². The van der Waals surface area contributed by atoms with Gasteiger partial charge in [-0.3, -0.25) is 38.0 Å². The topological polar surface area (TPSA) is 233 Å². The second kappa shape index (κ2) is 28.9. The molecule has 5 N–H and O–H groups in total. The summed E-state index contributed by atoms with van der Waals surface area (Å²) in [6.45, 7) is 2.70. The van der Waals surface area contributed by atoms with Crippen LogP contribution in [0.5, 0.6) is 11.5 Å². The number of piperidine rings is 2. The predicted octanol–water partition coefficient (Wildman–Crippen LogP) is 9.47. The molecule has 0 radical (unpaired) electrons. The predicted molar refractivity (Wildman–Crippen MR) is 331 cm³/mol. The van der Waals surface area contributed by atoms with Gasteiger partial charge in [-0.2, -0.15) is 22.7 Å². The van der Waals surface area contributed by atoms with E-state index in [2.05, 4.69) is 38.6 Å². The number of aromatic nitrogens is 2. The maximum atomic E-state index is 13.4. The van der Waals surface area contributed by atoms with Gasteiger partial charge in [0.15, 0.2) is 0 Å². The Labute approximate surface area is 493 Å². The van der Waals surface area contributed by atoms with Crippen LogP contribution >= 0.6 is 30.0 Å². The second-order valence-electron chi connectivity index (χ2n) is 20.3. The Balaban J connectivity index is 0.000000209. The standard InChI is InChI=1S/C24H28N4O4S.C24H27N3O4S.C12H12NO2P.2CH4/c1-26(2)24(31)22(29)19-13-28(25)20-12-21(32-3)18(11-17(19)20)23(30)27-7-4-15(5-8-27)10-16-6-9-33-14-16;1-26(2)24(30)22(28)19-13-25-20-12-21(31-3)18(11-17(19)20)23(29)27-7-4-15(5-8-27)10-16-6-9-32-14-16;13-15-16(14,11-7-3-1-4-8-11)12-9-5-2-6-10-12;;/h6,9,11-15H,4-5,7-8,10,25H2,1-3H3;6,9,11-15,25H,4-5,7-8,10H2,1-3H3;1-10H,13H2;2*1H4. The number of ether oxygens (including phenoxy) is 2. The number of ketones is 2. The van der Waals surface area contributed by atoms with Crippen molar-refractivity contribution in [2.24, 2.45) is 17.7 Å². The highest BCUT2D eigenvalue weighted by Crippen LogP contribution is 2.42. The maximum absolute atomic E-state index is 13.4. The van der Waals surface area contributed by atoms with E-state index in [0.29, 0.717) is 93.1 Å². The molecule has 4 amide bonds. The molecule has 6 heterocycles. The molecule has 0 spiro atoms. The van der Waals surface area contributed by atoms with E-state index in [1.165, 1.54) is 80.4 Å². The van der Waals surface area contributed by atoms with Crippen LogP contribution in [0.4, 0.5) is 0 Å². The van der Waals surface area contributed by atoms with Gasteiger partial charge in [-0.25, -0.2) is 10.5 Å². The number of methoxy groups -OCH3 is 2. The Kier molecular flexibility index (Phi) is 22.4. The molecule has 4 aromatic heterocycles. The highest BCUT2D eigenvalue weighted by atomic mass is 32.1. The Hall–Kier alpha value is -7.87. The van der Waals surface area contributed by atoms with E-state index in [4.69, 9.17) is 25.8 Å². The number of Topliss-reactive ketones (excluding diaryl/α,β-unsaturated/α-hetero) is 2. The van der Waals surface area contributed by atoms with Crippen molar-refractivity contribution in [3.8, 4) is 11.5 Å². The third kappa shape index (κ3) is 14.7. The van der Waals surface area contributed by atoms with Crippen LogP contribution in [0.15, 0.2) is 131 Å². The zero-order valence-electron chi connectivity index (χ0n) is 46.2. The highest BCUT2D eigenvalue weighted by molar-refractivity contribution is 7.74. The number of aromatic amines is 1. The number of nitrogens with zero attached hydrogens (tertiary/aromatic N) is 5. The molecule has 0 aliphatic carbocycles. The lowest BCUT2D eigenvalue weighted by Crippen LogP contribution is -2.39. The summed E-state index contributed by atoms with van der Waals surface area (Å²) in [6.07, 6.45) is 8.80. The van der Waals surface area contributed by atoms with Crippen LogP contribution in [0.2, 0.25) is 0 Å². The van der Waals surface area contributed by atoms with Crippen LogP contribution in [0.1, 0.15) is 93.1 Å². The lowest BCUT2D eigenvalue weighted by atomic mass is 9.91. The largest absolute Gasteiger partial charge is 0.496 e. The number of likely N-dealkylation sites (tertiary alicyclic amines) is 2. The maximum Gasteiger partial charge on any atom is 0.294 e. The Bertz CT molecular complexity index is 3510. The number of amides is 4.